The first-order chi connectivity index (χ1) is 10.0. The zero-order chi connectivity index (χ0) is 15.4. The summed E-state index contributed by atoms with van der Waals surface area (Å²) in [7, 11) is 3.04. The van der Waals surface area contributed by atoms with Crippen molar-refractivity contribution in [3.05, 3.63) is 18.2 Å². The van der Waals surface area contributed by atoms with Crippen LogP contribution in [0.2, 0.25) is 0 Å². The minimum Gasteiger partial charge on any atom is -0.497 e. The fourth-order valence-corrected chi connectivity index (χ4v) is 1.99. The summed E-state index contributed by atoms with van der Waals surface area (Å²) >= 11 is 0. The summed E-state index contributed by atoms with van der Waals surface area (Å²) in [6, 6.07) is 5.05. The van der Waals surface area contributed by atoms with Crippen LogP contribution in [0.3, 0.4) is 0 Å². The molecule has 0 aliphatic heterocycles. The maximum atomic E-state index is 11.8. The number of hydrogen-bond donors (Lipinski definition) is 1. The summed E-state index contributed by atoms with van der Waals surface area (Å²) in [5.74, 6) is 0.683. The molecule has 0 heterocycles. The Balaban J connectivity index is 1.91. The number of carbonyl (C=O) groups is 2. The molecular formula is C15H19NO5. The van der Waals surface area contributed by atoms with E-state index in [9.17, 15) is 9.59 Å². The first-order valence-corrected chi connectivity index (χ1v) is 6.73. The Morgan fingerprint density at radius 3 is 2.57 bits per heavy atom. The number of amides is 1. The van der Waals surface area contributed by atoms with E-state index < -0.39 is 5.91 Å². The molecule has 21 heavy (non-hydrogen) atoms. The number of methoxy groups -OCH3 is 2. The molecule has 1 aliphatic carbocycles. The van der Waals surface area contributed by atoms with Gasteiger partial charge in [0.25, 0.3) is 5.91 Å². The Morgan fingerprint density at radius 1 is 1.29 bits per heavy atom. The van der Waals surface area contributed by atoms with Crippen LogP contribution >= 0.6 is 0 Å². The highest BCUT2D eigenvalue weighted by molar-refractivity contribution is 5.94. The van der Waals surface area contributed by atoms with Crippen LogP contribution in [-0.2, 0) is 14.3 Å². The van der Waals surface area contributed by atoms with Gasteiger partial charge in [-0.3, -0.25) is 9.59 Å². The third kappa shape index (κ3) is 3.87. The second-order valence-electron chi connectivity index (χ2n) is 5.04. The molecule has 1 N–H and O–H groups in total. The second-order valence-corrected chi connectivity index (χ2v) is 5.04. The SMILES string of the molecule is COc1ccc(OC)c(NC(=O)COC(=O)[C@H]2C[C@H]2C)c1. The van der Waals surface area contributed by atoms with Gasteiger partial charge in [0.15, 0.2) is 6.61 Å². The quantitative estimate of drug-likeness (QED) is 0.810. The molecule has 6 heteroatoms. The second kappa shape index (κ2) is 6.47. The fraction of sp³-hybridized carbons (Fsp3) is 0.467. The molecule has 1 aliphatic rings. The molecule has 1 aromatic carbocycles. The smallest absolute Gasteiger partial charge is 0.309 e. The highest BCUT2D eigenvalue weighted by atomic mass is 16.5. The third-order valence-electron chi connectivity index (χ3n) is 3.44. The number of benzene rings is 1. The zero-order valence-corrected chi connectivity index (χ0v) is 12.3. The van der Waals surface area contributed by atoms with Gasteiger partial charge in [-0.05, 0) is 24.5 Å². The Labute approximate surface area is 123 Å². The molecule has 6 nitrogen and oxygen atoms in total. The van der Waals surface area contributed by atoms with Crippen molar-refractivity contribution in [3.8, 4) is 11.5 Å². The first kappa shape index (κ1) is 15.2. The summed E-state index contributed by atoms with van der Waals surface area (Å²) in [5.41, 5.74) is 0.470. The first-order valence-electron chi connectivity index (χ1n) is 6.73. The van der Waals surface area contributed by atoms with Gasteiger partial charge in [-0.2, -0.15) is 0 Å². The fourth-order valence-electron chi connectivity index (χ4n) is 1.99. The van der Waals surface area contributed by atoms with Crippen molar-refractivity contribution < 1.29 is 23.8 Å². The van der Waals surface area contributed by atoms with Crippen molar-refractivity contribution in [3.63, 3.8) is 0 Å². The molecule has 1 fully saturated rings. The molecule has 1 aromatic rings. The van der Waals surface area contributed by atoms with Gasteiger partial charge >= 0.3 is 5.97 Å². The van der Waals surface area contributed by atoms with Gasteiger partial charge in [0.2, 0.25) is 0 Å². The molecular weight excluding hydrogens is 274 g/mol. The highest BCUT2D eigenvalue weighted by Gasteiger charge is 2.40. The van der Waals surface area contributed by atoms with Crippen molar-refractivity contribution >= 4 is 17.6 Å². The maximum absolute atomic E-state index is 11.8. The van der Waals surface area contributed by atoms with E-state index in [0.717, 1.165) is 6.42 Å². The maximum Gasteiger partial charge on any atom is 0.309 e. The summed E-state index contributed by atoms with van der Waals surface area (Å²) in [5, 5.41) is 2.64. The minimum absolute atomic E-state index is 0.0517. The number of anilines is 1. The molecule has 1 saturated carbocycles. The largest absolute Gasteiger partial charge is 0.497 e. The van der Waals surface area contributed by atoms with E-state index >= 15 is 0 Å². The van der Waals surface area contributed by atoms with Gasteiger partial charge in [-0.15, -0.1) is 0 Å². The van der Waals surface area contributed by atoms with Crippen LogP contribution in [0.5, 0.6) is 11.5 Å². The Kier molecular flexibility index (Phi) is 4.67. The van der Waals surface area contributed by atoms with Crippen LogP contribution < -0.4 is 14.8 Å². The van der Waals surface area contributed by atoms with Crippen molar-refractivity contribution in [1.29, 1.82) is 0 Å². The minimum atomic E-state index is -0.414. The predicted octanol–water partition coefficient (Wildman–Crippen LogP) is 1.84. The molecule has 114 valence electrons. The molecule has 0 unspecified atom stereocenters. The van der Waals surface area contributed by atoms with Crippen molar-refractivity contribution in [1.82, 2.24) is 0 Å². The lowest BCUT2D eigenvalue weighted by Gasteiger charge is -2.11. The lowest BCUT2D eigenvalue weighted by atomic mass is 10.2. The molecule has 0 spiro atoms. The van der Waals surface area contributed by atoms with E-state index in [0.29, 0.717) is 23.1 Å². The van der Waals surface area contributed by atoms with Crippen LogP contribution in [0.4, 0.5) is 5.69 Å². The summed E-state index contributed by atoms with van der Waals surface area (Å²) in [6.07, 6.45) is 0.837. The number of hydrogen-bond acceptors (Lipinski definition) is 5. The lowest BCUT2D eigenvalue weighted by molar-refractivity contribution is -0.148. The van der Waals surface area contributed by atoms with E-state index in [1.807, 2.05) is 6.92 Å². The topological polar surface area (TPSA) is 73.9 Å². The molecule has 1 amide bonds. The van der Waals surface area contributed by atoms with Crippen LogP contribution in [-0.4, -0.2) is 32.7 Å². The van der Waals surface area contributed by atoms with Crippen LogP contribution in [0.25, 0.3) is 0 Å². The number of nitrogens with one attached hydrogen (secondary N) is 1. The normalized spacial score (nSPS) is 19.6. The van der Waals surface area contributed by atoms with Crippen LogP contribution in [0.15, 0.2) is 18.2 Å². The Morgan fingerprint density at radius 2 is 2.00 bits per heavy atom. The number of esters is 1. The average Bonchev–Trinajstić information content (AvgIpc) is 3.21. The standard InChI is InChI=1S/C15H19NO5/c1-9-6-11(9)15(18)21-8-14(17)16-12-7-10(19-2)4-5-13(12)20-3/h4-5,7,9,11H,6,8H2,1-3H3,(H,16,17)/t9-,11+/m1/s1. The number of rotatable bonds is 6. The van der Waals surface area contributed by atoms with E-state index in [1.165, 1.54) is 14.2 Å². The average molecular weight is 293 g/mol. The molecule has 2 rings (SSSR count). The van der Waals surface area contributed by atoms with Crippen molar-refractivity contribution in [2.45, 2.75) is 13.3 Å². The molecule has 2 atom stereocenters. The molecule has 0 bridgehead atoms. The van der Waals surface area contributed by atoms with E-state index in [-0.39, 0.29) is 18.5 Å². The van der Waals surface area contributed by atoms with E-state index in [4.69, 9.17) is 14.2 Å². The van der Waals surface area contributed by atoms with E-state index in [1.54, 1.807) is 18.2 Å². The molecule has 0 saturated heterocycles. The molecule has 0 radical (unpaired) electrons. The number of carbonyl (C=O) groups excluding carboxylic acids is 2. The van der Waals surface area contributed by atoms with E-state index in [2.05, 4.69) is 5.32 Å². The lowest BCUT2D eigenvalue weighted by Crippen LogP contribution is -2.22. The van der Waals surface area contributed by atoms with Gasteiger partial charge in [-0.25, -0.2) is 0 Å². The monoisotopic (exact) mass is 293 g/mol. The van der Waals surface area contributed by atoms with Crippen molar-refractivity contribution in [2.75, 3.05) is 26.1 Å². The zero-order valence-electron chi connectivity index (χ0n) is 12.3. The summed E-state index contributed by atoms with van der Waals surface area (Å²) < 4.78 is 15.2. The van der Waals surface area contributed by atoms with Gasteiger partial charge in [-0.1, -0.05) is 6.92 Å². The van der Waals surface area contributed by atoms with Crippen LogP contribution in [0, 0.1) is 11.8 Å². The van der Waals surface area contributed by atoms with Crippen molar-refractivity contribution in [2.24, 2.45) is 11.8 Å². The van der Waals surface area contributed by atoms with Gasteiger partial charge < -0.3 is 19.5 Å². The highest BCUT2D eigenvalue weighted by Crippen LogP contribution is 2.38. The number of ether oxygens (including phenoxy) is 3. The summed E-state index contributed by atoms with van der Waals surface area (Å²) in [4.78, 5) is 23.4. The Hall–Kier alpha value is -2.24. The van der Waals surface area contributed by atoms with Crippen LogP contribution in [0.1, 0.15) is 13.3 Å². The Bertz CT molecular complexity index is 543. The summed E-state index contributed by atoms with van der Waals surface area (Å²) in [6.45, 7) is 1.68. The molecule has 0 aromatic heterocycles. The van der Waals surface area contributed by atoms with Gasteiger partial charge in [0, 0.05) is 6.07 Å². The third-order valence-corrected chi connectivity index (χ3v) is 3.44. The van der Waals surface area contributed by atoms with Gasteiger partial charge in [0.1, 0.15) is 11.5 Å². The van der Waals surface area contributed by atoms with Gasteiger partial charge in [0.05, 0.1) is 25.8 Å². The predicted molar refractivity (Wildman–Crippen MR) is 76.4 cm³/mol.